The molecule has 5 nitrogen and oxygen atoms in total. The van der Waals surface area contributed by atoms with Crippen LogP contribution in [0.4, 0.5) is 5.82 Å². The van der Waals surface area contributed by atoms with Crippen LogP contribution in [0.15, 0.2) is 12.3 Å². The molecule has 0 amide bonds. The number of nitriles is 1. The smallest absolute Gasteiger partial charge is 0.151 e. The summed E-state index contributed by atoms with van der Waals surface area (Å²) in [5.41, 5.74) is 1.13. The van der Waals surface area contributed by atoms with Crippen LogP contribution in [0.5, 0.6) is 0 Å². The number of aromatic nitrogens is 2. The molecule has 1 atom stereocenters. The van der Waals surface area contributed by atoms with E-state index in [0.29, 0.717) is 0 Å². The number of piperazine rings is 1. The zero-order chi connectivity index (χ0) is 12.3. The Morgan fingerprint density at radius 2 is 2.06 bits per heavy atom. The Kier molecular flexibility index (Phi) is 3.55. The molecule has 2 heterocycles. The Morgan fingerprint density at radius 3 is 2.65 bits per heavy atom. The maximum atomic E-state index is 8.88. The summed E-state index contributed by atoms with van der Waals surface area (Å²) in [5, 5.41) is 17.0. The molecule has 1 fully saturated rings. The quantitative estimate of drug-likeness (QED) is 0.754. The first kappa shape index (κ1) is 11.8. The summed E-state index contributed by atoms with van der Waals surface area (Å²) >= 11 is 0. The second-order valence-corrected chi connectivity index (χ2v) is 4.42. The lowest BCUT2D eigenvalue weighted by Gasteiger charge is -2.36. The molecule has 1 unspecified atom stereocenters. The van der Waals surface area contributed by atoms with Gasteiger partial charge in [-0.25, -0.2) is 0 Å². The Labute approximate surface area is 102 Å². The summed E-state index contributed by atoms with van der Waals surface area (Å²) < 4.78 is 0. The fraction of sp³-hybridized carbons (Fsp3) is 0.583. The van der Waals surface area contributed by atoms with E-state index in [-0.39, 0.29) is 6.04 Å². The van der Waals surface area contributed by atoms with Crippen LogP contribution in [0, 0.1) is 18.3 Å². The fourth-order valence-corrected chi connectivity index (χ4v) is 2.02. The Hall–Kier alpha value is -1.67. The van der Waals surface area contributed by atoms with Crippen molar-refractivity contribution in [3.8, 4) is 6.07 Å². The predicted molar refractivity (Wildman–Crippen MR) is 65.6 cm³/mol. The number of anilines is 1. The van der Waals surface area contributed by atoms with Crippen LogP contribution in [0.25, 0.3) is 0 Å². The van der Waals surface area contributed by atoms with E-state index in [2.05, 4.69) is 32.1 Å². The molecule has 90 valence electrons. The maximum Gasteiger partial charge on any atom is 0.151 e. The normalized spacial score (nSPS) is 18.8. The van der Waals surface area contributed by atoms with Gasteiger partial charge in [-0.3, -0.25) is 4.90 Å². The summed E-state index contributed by atoms with van der Waals surface area (Å²) in [4.78, 5) is 4.42. The van der Waals surface area contributed by atoms with Crippen molar-refractivity contribution in [2.24, 2.45) is 0 Å². The number of nitrogens with zero attached hydrogens (tertiary/aromatic N) is 5. The van der Waals surface area contributed by atoms with Crippen LogP contribution in [0.1, 0.15) is 12.5 Å². The molecule has 0 radical (unpaired) electrons. The highest BCUT2D eigenvalue weighted by Crippen LogP contribution is 2.14. The summed E-state index contributed by atoms with van der Waals surface area (Å²) in [6, 6.07) is 4.33. The van der Waals surface area contributed by atoms with Gasteiger partial charge in [0.1, 0.15) is 0 Å². The van der Waals surface area contributed by atoms with E-state index < -0.39 is 0 Å². The van der Waals surface area contributed by atoms with Gasteiger partial charge >= 0.3 is 0 Å². The molecule has 1 aromatic heterocycles. The lowest BCUT2D eigenvalue weighted by molar-refractivity contribution is 0.231. The zero-order valence-electron chi connectivity index (χ0n) is 10.3. The van der Waals surface area contributed by atoms with Gasteiger partial charge in [0.2, 0.25) is 0 Å². The highest BCUT2D eigenvalue weighted by molar-refractivity contribution is 5.39. The van der Waals surface area contributed by atoms with Gasteiger partial charge in [-0.05, 0) is 25.5 Å². The van der Waals surface area contributed by atoms with Crippen molar-refractivity contribution in [1.29, 1.82) is 5.26 Å². The van der Waals surface area contributed by atoms with E-state index in [1.165, 1.54) is 0 Å². The summed E-state index contributed by atoms with van der Waals surface area (Å²) in [5.74, 6) is 0.939. The van der Waals surface area contributed by atoms with Crippen molar-refractivity contribution in [3.05, 3.63) is 17.8 Å². The first-order chi connectivity index (χ1) is 8.20. The minimum atomic E-state index is 0.000689. The molecule has 0 aromatic carbocycles. The van der Waals surface area contributed by atoms with Crippen LogP contribution < -0.4 is 4.90 Å². The molecule has 0 aliphatic carbocycles. The molecule has 5 heteroatoms. The highest BCUT2D eigenvalue weighted by Gasteiger charge is 2.21. The minimum absolute atomic E-state index is 0.000689. The highest BCUT2D eigenvalue weighted by atomic mass is 15.3. The average Bonchev–Trinajstić information content (AvgIpc) is 2.38. The van der Waals surface area contributed by atoms with Crippen molar-refractivity contribution >= 4 is 5.82 Å². The second kappa shape index (κ2) is 5.11. The fourth-order valence-electron chi connectivity index (χ4n) is 2.02. The number of hydrogen-bond acceptors (Lipinski definition) is 5. The predicted octanol–water partition coefficient (Wildman–Crippen LogP) is 0.819. The van der Waals surface area contributed by atoms with E-state index in [1.807, 2.05) is 13.8 Å². The van der Waals surface area contributed by atoms with Gasteiger partial charge in [-0.2, -0.15) is 10.4 Å². The van der Waals surface area contributed by atoms with E-state index in [0.717, 1.165) is 37.6 Å². The van der Waals surface area contributed by atoms with Crippen molar-refractivity contribution in [2.45, 2.75) is 19.9 Å². The van der Waals surface area contributed by atoms with Gasteiger partial charge in [-0.1, -0.05) is 0 Å². The molecule has 2 rings (SSSR count). The van der Waals surface area contributed by atoms with Gasteiger partial charge in [0.05, 0.1) is 18.3 Å². The molecular weight excluding hydrogens is 214 g/mol. The van der Waals surface area contributed by atoms with Crippen molar-refractivity contribution in [2.75, 3.05) is 31.1 Å². The van der Waals surface area contributed by atoms with Gasteiger partial charge in [-0.15, -0.1) is 5.10 Å². The molecule has 0 saturated carbocycles. The Bertz CT molecular complexity index is 417. The summed E-state index contributed by atoms with van der Waals surface area (Å²) in [7, 11) is 0. The molecule has 0 N–H and O–H groups in total. The molecule has 1 saturated heterocycles. The van der Waals surface area contributed by atoms with E-state index >= 15 is 0 Å². The molecule has 1 aliphatic rings. The third-order valence-corrected chi connectivity index (χ3v) is 3.15. The van der Waals surface area contributed by atoms with Gasteiger partial charge in [0.25, 0.3) is 0 Å². The van der Waals surface area contributed by atoms with Crippen LogP contribution in [-0.4, -0.2) is 47.3 Å². The molecular formula is C12H17N5. The third-order valence-electron chi connectivity index (χ3n) is 3.15. The monoisotopic (exact) mass is 231 g/mol. The van der Waals surface area contributed by atoms with Crippen molar-refractivity contribution < 1.29 is 0 Å². The minimum Gasteiger partial charge on any atom is -0.353 e. The van der Waals surface area contributed by atoms with E-state index in [4.69, 9.17) is 5.26 Å². The van der Waals surface area contributed by atoms with Crippen molar-refractivity contribution in [3.63, 3.8) is 0 Å². The topological polar surface area (TPSA) is 56.1 Å². The summed E-state index contributed by atoms with van der Waals surface area (Å²) in [6.45, 7) is 7.59. The van der Waals surface area contributed by atoms with Crippen LogP contribution in [0.2, 0.25) is 0 Å². The zero-order valence-corrected chi connectivity index (χ0v) is 10.3. The number of hydrogen-bond donors (Lipinski definition) is 0. The molecule has 0 spiro atoms. The van der Waals surface area contributed by atoms with E-state index in [9.17, 15) is 0 Å². The lowest BCUT2D eigenvalue weighted by Crippen LogP contribution is -2.49. The van der Waals surface area contributed by atoms with Crippen LogP contribution in [-0.2, 0) is 0 Å². The molecule has 0 bridgehead atoms. The van der Waals surface area contributed by atoms with Crippen LogP contribution >= 0.6 is 0 Å². The van der Waals surface area contributed by atoms with Crippen LogP contribution in [0.3, 0.4) is 0 Å². The largest absolute Gasteiger partial charge is 0.353 e. The molecule has 17 heavy (non-hydrogen) atoms. The maximum absolute atomic E-state index is 8.88. The Morgan fingerprint density at radius 1 is 1.35 bits per heavy atom. The standard InChI is InChI=1S/C12H17N5/c1-10-7-12(15-14-9-10)17-5-3-16(4-6-17)11(2)8-13/h7,9,11H,3-6H2,1-2H3. The first-order valence-corrected chi connectivity index (χ1v) is 5.88. The number of aryl methyl sites for hydroxylation is 1. The Balaban J connectivity index is 1.98. The van der Waals surface area contributed by atoms with Gasteiger partial charge in [0, 0.05) is 26.2 Å². The lowest BCUT2D eigenvalue weighted by atomic mass is 10.2. The van der Waals surface area contributed by atoms with Gasteiger partial charge < -0.3 is 4.90 Å². The SMILES string of the molecule is Cc1cnnc(N2CCN(C(C)C#N)CC2)c1. The molecule has 1 aromatic rings. The third kappa shape index (κ3) is 2.71. The summed E-state index contributed by atoms with van der Waals surface area (Å²) in [6.07, 6.45) is 1.76. The van der Waals surface area contributed by atoms with Gasteiger partial charge in [0.15, 0.2) is 5.82 Å². The molecule has 1 aliphatic heterocycles. The van der Waals surface area contributed by atoms with E-state index in [1.54, 1.807) is 6.20 Å². The van der Waals surface area contributed by atoms with Crippen molar-refractivity contribution in [1.82, 2.24) is 15.1 Å². The number of rotatable bonds is 2. The first-order valence-electron chi connectivity index (χ1n) is 5.88. The second-order valence-electron chi connectivity index (χ2n) is 4.42. The average molecular weight is 231 g/mol.